The fourth-order valence-electron chi connectivity index (χ4n) is 4.18. The van der Waals surface area contributed by atoms with Crippen LogP contribution in [0.15, 0.2) is 67.1 Å². The second-order valence-electron chi connectivity index (χ2n) is 8.85. The molecule has 0 atom stereocenters. The van der Waals surface area contributed by atoms with Gasteiger partial charge < -0.3 is 10.3 Å². The summed E-state index contributed by atoms with van der Waals surface area (Å²) in [7, 11) is 0. The highest BCUT2D eigenvalue weighted by molar-refractivity contribution is 7.14. The maximum absolute atomic E-state index is 13.7. The van der Waals surface area contributed by atoms with Crippen molar-refractivity contribution in [2.75, 3.05) is 5.32 Å². The van der Waals surface area contributed by atoms with Crippen LogP contribution in [0.1, 0.15) is 13.8 Å². The highest BCUT2D eigenvalue weighted by atomic mass is 32.1. The Hall–Kier alpha value is -4.37. The first kappa shape index (κ1) is 22.1. The second-order valence-corrected chi connectivity index (χ2v) is 9.89. The van der Waals surface area contributed by atoms with Gasteiger partial charge in [-0.3, -0.25) is 14.9 Å². The Labute approximate surface area is 209 Å². The minimum atomic E-state index is -0.211. The van der Waals surface area contributed by atoms with Crippen LogP contribution in [0.5, 0.6) is 0 Å². The van der Waals surface area contributed by atoms with E-state index in [-0.39, 0.29) is 17.0 Å². The quantitative estimate of drug-likeness (QED) is 0.249. The van der Waals surface area contributed by atoms with Gasteiger partial charge in [-0.15, -0.1) is 11.3 Å². The molecule has 7 nitrogen and oxygen atoms in total. The third kappa shape index (κ3) is 3.93. The molecule has 9 heteroatoms. The van der Waals surface area contributed by atoms with Crippen LogP contribution < -0.4 is 5.32 Å². The molecule has 5 heterocycles. The van der Waals surface area contributed by atoms with Crippen molar-refractivity contribution < 1.29 is 9.18 Å². The molecule has 3 N–H and O–H groups in total. The monoisotopic (exact) mass is 496 g/mol. The number of carbonyl (C=O) groups excluding carboxylic acids is 1. The van der Waals surface area contributed by atoms with E-state index in [1.165, 1.54) is 6.07 Å². The van der Waals surface area contributed by atoms with Gasteiger partial charge in [-0.1, -0.05) is 26.0 Å². The Balaban J connectivity index is 1.41. The van der Waals surface area contributed by atoms with E-state index in [0.717, 1.165) is 60.6 Å². The number of halogens is 1. The Bertz CT molecular complexity index is 1750. The molecule has 36 heavy (non-hydrogen) atoms. The van der Waals surface area contributed by atoms with Crippen LogP contribution in [0.4, 0.5) is 10.1 Å². The average molecular weight is 497 g/mol. The van der Waals surface area contributed by atoms with Crippen molar-refractivity contribution in [2.24, 2.45) is 5.92 Å². The van der Waals surface area contributed by atoms with E-state index >= 15 is 0 Å². The van der Waals surface area contributed by atoms with E-state index in [1.807, 2.05) is 50.2 Å². The first-order chi connectivity index (χ1) is 17.5. The second kappa shape index (κ2) is 8.69. The third-order valence-electron chi connectivity index (χ3n) is 6.04. The molecule has 0 aliphatic rings. The van der Waals surface area contributed by atoms with E-state index in [4.69, 9.17) is 0 Å². The van der Waals surface area contributed by atoms with Crippen LogP contribution in [0.3, 0.4) is 0 Å². The zero-order chi connectivity index (χ0) is 24.8. The summed E-state index contributed by atoms with van der Waals surface area (Å²) < 4.78 is 13.7. The lowest BCUT2D eigenvalue weighted by atomic mass is 10.1. The molecule has 0 radical (unpaired) electrons. The molecule has 0 saturated carbocycles. The number of H-pyrrole nitrogens is 2. The Morgan fingerprint density at radius 3 is 2.69 bits per heavy atom. The molecule has 178 valence electrons. The summed E-state index contributed by atoms with van der Waals surface area (Å²) in [4.78, 5) is 25.3. The number of aromatic amines is 2. The van der Waals surface area contributed by atoms with Gasteiger partial charge in [0.15, 0.2) is 10.8 Å². The van der Waals surface area contributed by atoms with E-state index in [9.17, 15) is 9.18 Å². The van der Waals surface area contributed by atoms with Crippen molar-refractivity contribution in [2.45, 2.75) is 13.8 Å². The standard InChI is InChI=1S/C27H21FN6OS/c1-14(2)27(35)31-17-8-15(11-29-13-17)16-9-20-25(33-34-26(20)30-12-16)22-10-19-18(4-3-5-21(19)32-22)23-6-7-24(28)36-23/h3-14,32H,1-2H3,(H,31,35)(H,30,33,34). The van der Waals surface area contributed by atoms with Crippen LogP contribution in [-0.4, -0.2) is 31.1 Å². The average Bonchev–Trinajstić information content (AvgIpc) is 3.61. The molecule has 0 saturated heterocycles. The van der Waals surface area contributed by atoms with E-state index < -0.39 is 0 Å². The maximum Gasteiger partial charge on any atom is 0.226 e. The van der Waals surface area contributed by atoms with Crippen LogP contribution in [0.2, 0.25) is 0 Å². The van der Waals surface area contributed by atoms with Gasteiger partial charge in [0.25, 0.3) is 0 Å². The van der Waals surface area contributed by atoms with Gasteiger partial charge in [0.2, 0.25) is 5.91 Å². The number of amides is 1. The molecule has 0 aliphatic carbocycles. The SMILES string of the molecule is CC(C)C(=O)Nc1cncc(-c2cnc3[nH]nc(-c4cc5c(-c6ccc(F)s6)cccc5[nH]4)c3c2)c1. The molecule has 0 aliphatic heterocycles. The first-order valence-corrected chi connectivity index (χ1v) is 12.3. The zero-order valence-corrected chi connectivity index (χ0v) is 20.3. The summed E-state index contributed by atoms with van der Waals surface area (Å²) in [6.07, 6.45) is 5.12. The highest BCUT2D eigenvalue weighted by Gasteiger charge is 2.16. The highest BCUT2D eigenvalue weighted by Crippen LogP contribution is 2.37. The first-order valence-electron chi connectivity index (χ1n) is 11.4. The summed E-state index contributed by atoms with van der Waals surface area (Å²) in [5.74, 6) is -0.195. The summed E-state index contributed by atoms with van der Waals surface area (Å²) in [6.45, 7) is 3.69. The molecule has 6 rings (SSSR count). The summed E-state index contributed by atoms with van der Waals surface area (Å²) in [5, 5.41) is 12.1. The molecule has 0 bridgehead atoms. The van der Waals surface area contributed by atoms with Crippen molar-refractivity contribution in [3.05, 3.63) is 72.3 Å². The lowest BCUT2D eigenvalue weighted by Crippen LogP contribution is -2.17. The number of hydrogen-bond acceptors (Lipinski definition) is 5. The molecule has 0 spiro atoms. The molecule has 0 fully saturated rings. The number of carbonyl (C=O) groups is 1. The van der Waals surface area contributed by atoms with Gasteiger partial charge in [0.1, 0.15) is 5.69 Å². The van der Waals surface area contributed by atoms with E-state index in [0.29, 0.717) is 11.3 Å². The number of thiophene rings is 1. The molecule has 5 aromatic heterocycles. The fourth-order valence-corrected chi connectivity index (χ4v) is 4.95. The minimum absolute atomic E-state index is 0.0666. The van der Waals surface area contributed by atoms with Gasteiger partial charge in [-0.25, -0.2) is 4.98 Å². The lowest BCUT2D eigenvalue weighted by Gasteiger charge is -2.09. The van der Waals surface area contributed by atoms with Gasteiger partial charge >= 0.3 is 0 Å². The number of fused-ring (bicyclic) bond motifs is 2. The van der Waals surface area contributed by atoms with Crippen molar-refractivity contribution >= 4 is 44.9 Å². The summed E-state index contributed by atoms with van der Waals surface area (Å²) in [5.41, 5.74) is 6.44. The lowest BCUT2D eigenvalue weighted by molar-refractivity contribution is -0.118. The van der Waals surface area contributed by atoms with Crippen LogP contribution in [-0.2, 0) is 4.79 Å². The molecular weight excluding hydrogens is 475 g/mol. The molecular formula is C27H21FN6OS. The largest absolute Gasteiger partial charge is 0.353 e. The Morgan fingerprint density at radius 1 is 1.03 bits per heavy atom. The predicted octanol–water partition coefficient (Wildman–Crippen LogP) is 6.63. The fraction of sp³-hybridized carbons (Fsp3) is 0.111. The molecule has 0 unspecified atom stereocenters. The van der Waals surface area contributed by atoms with Crippen molar-refractivity contribution in [3.8, 4) is 33.0 Å². The number of hydrogen-bond donors (Lipinski definition) is 3. The predicted molar refractivity (Wildman–Crippen MR) is 141 cm³/mol. The van der Waals surface area contributed by atoms with Crippen molar-refractivity contribution in [1.29, 1.82) is 0 Å². The van der Waals surface area contributed by atoms with Gasteiger partial charge in [-0.2, -0.15) is 9.49 Å². The van der Waals surface area contributed by atoms with Crippen LogP contribution in [0.25, 0.3) is 54.9 Å². The zero-order valence-electron chi connectivity index (χ0n) is 19.5. The summed E-state index contributed by atoms with van der Waals surface area (Å²) >= 11 is 1.13. The molecule has 6 aromatic rings. The van der Waals surface area contributed by atoms with Crippen molar-refractivity contribution in [1.82, 2.24) is 25.1 Å². The van der Waals surface area contributed by atoms with Crippen molar-refractivity contribution in [3.63, 3.8) is 0 Å². The van der Waals surface area contributed by atoms with E-state index in [1.54, 1.807) is 24.7 Å². The summed E-state index contributed by atoms with van der Waals surface area (Å²) in [6, 6.07) is 15.1. The smallest absolute Gasteiger partial charge is 0.226 e. The van der Waals surface area contributed by atoms with Gasteiger partial charge in [0.05, 0.1) is 17.6 Å². The minimum Gasteiger partial charge on any atom is -0.353 e. The topological polar surface area (TPSA) is 99.3 Å². The maximum atomic E-state index is 13.7. The van der Waals surface area contributed by atoms with E-state index in [2.05, 4.69) is 30.5 Å². The van der Waals surface area contributed by atoms with Gasteiger partial charge in [-0.05, 0) is 36.4 Å². The number of anilines is 1. The van der Waals surface area contributed by atoms with Crippen LogP contribution >= 0.6 is 11.3 Å². The number of rotatable bonds is 5. The number of aromatic nitrogens is 5. The number of pyridine rings is 2. The number of nitrogens with one attached hydrogen (secondary N) is 3. The number of nitrogens with zero attached hydrogens (tertiary/aromatic N) is 3. The molecule has 1 amide bonds. The molecule has 1 aromatic carbocycles. The van der Waals surface area contributed by atoms with Crippen LogP contribution in [0, 0.1) is 11.0 Å². The third-order valence-corrected chi connectivity index (χ3v) is 6.94. The van der Waals surface area contributed by atoms with Gasteiger partial charge in [0, 0.05) is 56.2 Å². The Kier molecular flexibility index (Phi) is 5.34. The normalized spacial score (nSPS) is 11.6. The number of benzene rings is 1. The Morgan fingerprint density at radius 2 is 1.89 bits per heavy atom.